The van der Waals surface area contributed by atoms with Crippen LogP contribution in [0.25, 0.3) is 22.3 Å². The van der Waals surface area contributed by atoms with E-state index in [9.17, 15) is 13.2 Å². The third kappa shape index (κ3) is 4.03. The number of pyridine rings is 1. The molecule has 0 spiro atoms. The van der Waals surface area contributed by atoms with E-state index in [0.29, 0.717) is 5.56 Å². The molecular formula is C19H14BrFNO2S-. The van der Waals surface area contributed by atoms with Crippen molar-refractivity contribution in [2.75, 3.05) is 0 Å². The van der Waals surface area contributed by atoms with E-state index in [4.69, 9.17) is 0 Å². The molecule has 0 fully saturated rings. The normalized spacial score (nSPS) is 12.2. The van der Waals surface area contributed by atoms with Crippen LogP contribution in [0.1, 0.15) is 11.1 Å². The van der Waals surface area contributed by atoms with Crippen LogP contribution in [-0.2, 0) is 16.8 Å². The first kappa shape index (κ1) is 17.9. The number of nitrogens with zero attached hydrogens (tertiary/aromatic N) is 1. The first-order chi connectivity index (χ1) is 12.0. The minimum absolute atomic E-state index is 0.153. The SMILES string of the molecule is Cc1ccc(-c2ccncc2-c2ccc(CS(=O)[O-])c(F)c2)cc1Br. The second-order valence-electron chi connectivity index (χ2n) is 5.64. The maximum Gasteiger partial charge on any atom is 0.127 e. The summed E-state index contributed by atoms with van der Waals surface area (Å²) in [5, 5.41) is 0. The molecule has 6 heteroatoms. The lowest BCUT2D eigenvalue weighted by atomic mass is 9.95. The number of halogens is 2. The zero-order chi connectivity index (χ0) is 18.0. The molecule has 0 aliphatic heterocycles. The van der Waals surface area contributed by atoms with E-state index in [0.717, 1.165) is 26.7 Å². The maximum absolute atomic E-state index is 14.2. The van der Waals surface area contributed by atoms with Gasteiger partial charge in [-0.2, -0.15) is 0 Å². The van der Waals surface area contributed by atoms with Crippen molar-refractivity contribution in [3.8, 4) is 22.3 Å². The topological polar surface area (TPSA) is 53.0 Å². The van der Waals surface area contributed by atoms with Gasteiger partial charge in [-0.3, -0.25) is 9.19 Å². The molecule has 3 nitrogen and oxygen atoms in total. The largest absolute Gasteiger partial charge is 0.772 e. The zero-order valence-electron chi connectivity index (χ0n) is 13.3. The van der Waals surface area contributed by atoms with Crippen molar-refractivity contribution in [2.24, 2.45) is 0 Å². The van der Waals surface area contributed by atoms with Crippen LogP contribution in [0.3, 0.4) is 0 Å². The summed E-state index contributed by atoms with van der Waals surface area (Å²) in [5.41, 5.74) is 4.63. The van der Waals surface area contributed by atoms with Gasteiger partial charge in [-0.15, -0.1) is 0 Å². The van der Waals surface area contributed by atoms with E-state index in [1.165, 1.54) is 12.1 Å². The van der Waals surface area contributed by atoms with E-state index in [1.807, 2.05) is 31.2 Å². The van der Waals surface area contributed by atoms with Crippen molar-refractivity contribution >= 4 is 27.0 Å². The Hall–Kier alpha value is -1.89. The molecule has 0 aliphatic rings. The van der Waals surface area contributed by atoms with Crippen molar-refractivity contribution in [1.82, 2.24) is 4.98 Å². The molecular weight excluding hydrogens is 405 g/mol. The number of benzene rings is 2. The lowest BCUT2D eigenvalue weighted by Crippen LogP contribution is -1.97. The summed E-state index contributed by atoms with van der Waals surface area (Å²) in [7, 11) is 0. The molecule has 1 heterocycles. The van der Waals surface area contributed by atoms with Crippen LogP contribution in [0.15, 0.2) is 59.3 Å². The number of aromatic nitrogens is 1. The van der Waals surface area contributed by atoms with Gasteiger partial charge in [0.15, 0.2) is 0 Å². The van der Waals surface area contributed by atoms with Crippen LogP contribution < -0.4 is 0 Å². The molecule has 0 N–H and O–H groups in total. The molecule has 25 heavy (non-hydrogen) atoms. The van der Waals surface area contributed by atoms with Crippen LogP contribution >= 0.6 is 15.9 Å². The molecule has 0 saturated carbocycles. The van der Waals surface area contributed by atoms with Crippen LogP contribution in [0.5, 0.6) is 0 Å². The van der Waals surface area contributed by atoms with Crippen molar-refractivity contribution < 1.29 is 13.2 Å². The predicted octanol–water partition coefficient (Wildman–Crippen LogP) is 5.00. The summed E-state index contributed by atoms with van der Waals surface area (Å²) in [5.74, 6) is -0.877. The maximum atomic E-state index is 14.2. The fourth-order valence-electron chi connectivity index (χ4n) is 2.60. The van der Waals surface area contributed by atoms with Gasteiger partial charge in [0, 0.05) is 28.2 Å². The Morgan fingerprint density at radius 2 is 1.84 bits per heavy atom. The van der Waals surface area contributed by atoms with E-state index in [1.54, 1.807) is 18.5 Å². The quantitative estimate of drug-likeness (QED) is 0.559. The average Bonchev–Trinajstić information content (AvgIpc) is 2.59. The molecule has 1 unspecified atom stereocenters. The second kappa shape index (κ2) is 7.56. The summed E-state index contributed by atoms with van der Waals surface area (Å²) in [6.45, 7) is 2.01. The highest BCUT2D eigenvalue weighted by Crippen LogP contribution is 2.34. The van der Waals surface area contributed by atoms with Gasteiger partial charge in [-0.25, -0.2) is 4.39 Å². The Labute approximate surface area is 156 Å². The summed E-state index contributed by atoms with van der Waals surface area (Å²) in [4.78, 5) is 4.15. The highest BCUT2D eigenvalue weighted by Gasteiger charge is 2.11. The van der Waals surface area contributed by atoms with Crippen LogP contribution in [-0.4, -0.2) is 13.7 Å². The first-order valence-corrected chi connectivity index (χ1v) is 9.54. The van der Waals surface area contributed by atoms with Crippen molar-refractivity contribution in [1.29, 1.82) is 0 Å². The number of hydrogen-bond acceptors (Lipinski definition) is 3. The van der Waals surface area contributed by atoms with Gasteiger partial charge in [-0.05, 0) is 52.9 Å². The van der Waals surface area contributed by atoms with Gasteiger partial charge in [0.1, 0.15) is 5.82 Å². The molecule has 0 saturated heterocycles. The third-order valence-corrected chi connectivity index (χ3v) is 5.34. The predicted molar refractivity (Wildman–Crippen MR) is 100 cm³/mol. The van der Waals surface area contributed by atoms with Gasteiger partial charge in [0.2, 0.25) is 0 Å². The van der Waals surface area contributed by atoms with Crippen molar-refractivity contribution in [2.45, 2.75) is 12.7 Å². The van der Waals surface area contributed by atoms with Crippen molar-refractivity contribution in [3.05, 3.63) is 76.3 Å². The second-order valence-corrected chi connectivity index (χ2v) is 7.39. The number of rotatable bonds is 4. The third-order valence-electron chi connectivity index (χ3n) is 3.94. The molecule has 0 bridgehead atoms. The van der Waals surface area contributed by atoms with Crippen LogP contribution in [0, 0.1) is 12.7 Å². The summed E-state index contributed by atoms with van der Waals surface area (Å²) >= 11 is 1.21. The molecule has 2 aromatic carbocycles. The Bertz CT molecular complexity index is 962. The highest BCUT2D eigenvalue weighted by molar-refractivity contribution is 9.10. The molecule has 1 aromatic heterocycles. The lowest BCUT2D eigenvalue weighted by Gasteiger charge is -2.12. The molecule has 0 radical (unpaired) electrons. The Morgan fingerprint density at radius 1 is 1.12 bits per heavy atom. The van der Waals surface area contributed by atoms with E-state index in [2.05, 4.69) is 20.9 Å². The molecule has 1 atom stereocenters. The van der Waals surface area contributed by atoms with Crippen molar-refractivity contribution in [3.63, 3.8) is 0 Å². The molecule has 3 aromatic rings. The monoisotopic (exact) mass is 418 g/mol. The van der Waals surface area contributed by atoms with Gasteiger partial charge in [0.05, 0.1) is 0 Å². The minimum atomic E-state index is -2.32. The molecule has 0 amide bonds. The fourth-order valence-corrected chi connectivity index (χ4v) is 3.46. The Kier molecular flexibility index (Phi) is 5.42. The first-order valence-electron chi connectivity index (χ1n) is 7.51. The van der Waals surface area contributed by atoms with Crippen LogP contribution in [0.4, 0.5) is 4.39 Å². The van der Waals surface area contributed by atoms with Gasteiger partial charge >= 0.3 is 0 Å². The lowest BCUT2D eigenvalue weighted by molar-refractivity contribution is 0.533. The summed E-state index contributed by atoms with van der Waals surface area (Å²) in [6, 6.07) is 12.5. The molecule has 0 aliphatic carbocycles. The Balaban J connectivity index is 2.08. The van der Waals surface area contributed by atoms with Gasteiger partial charge in [0.25, 0.3) is 0 Å². The zero-order valence-corrected chi connectivity index (χ0v) is 15.7. The molecule has 128 valence electrons. The number of aryl methyl sites for hydroxylation is 1. The van der Waals surface area contributed by atoms with Crippen LogP contribution in [0.2, 0.25) is 0 Å². The van der Waals surface area contributed by atoms with Gasteiger partial charge < -0.3 is 4.55 Å². The average molecular weight is 419 g/mol. The van der Waals surface area contributed by atoms with E-state index in [-0.39, 0.29) is 11.3 Å². The Morgan fingerprint density at radius 3 is 2.52 bits per heavy atom. The summed E-state index contributed by atoms with van der Waals surface area (Å²) in [6.07, 6.45) is 3.38. The minimum Gasteiger partial charge on any atom is -0.772 e. The van der Waals surface area contributed by atoms with E-state index >= 15 is 0 Å². The molecule has 3 rings (SSSR count). The highest BCUT2D eigenvalue weighted by atomic mass is 79.9. The van der Waals surface area contributed by atoms with Gasteiger partial charge in [-0.1, -0.05) is 51.3 Å². The standard InChI is InChI=1S/C19H15BrFNO2S/c1-12-2-3-13(8-18(12)20)16-6-7-22-10-17(16)14-4-5-15(11-25(23)24)19(21)9-14/h2-10H,11H2,1H3,(H,23,24)/p-1. The summed E-state index contributed by atoms with van der Waals surface area (Å²) < 4.78 is 36.8. The van der Waals surface area contributed by atoms with E-state index < -0.39 is 16.9 Å². The number of hydrogen-bond donors (Lipinski definition) is 0. The smallest absolute Gasteiger partial charge is 0.127 e. The fraction of sp³-hybridized carbons (Fsp3) is 0.105.